The topological polar surface area (TPSA) is 79.1 Å². The standard InChI is InChI=1S/C29H24N2O5/c1-4-36-29(33)22-15-25(28(32)21-10-9-18-7-5-6-8-19(18)13-21)31-17-30-23(16-24(22)31)20-11-12-26(34-2)27(14-20)35-3/h5-17H,4H2,1-3H3. The van der Waals surface area contributed by atoms with Crippen LogP contribution in [0, 0.1) is 0 Å². The van der Waals surface area contributed by atoms with E-state index < -0.39 is 5.97 Å². The van der Waals surface area contributed by atoms with Crippen LogP contribution in [0.15, 0.2) is 79.1 Å². The molecular formula is C29H24N2O5. The van der Waals surface area contributed by atoms with Gasteiger partial charge in [0.1, 0.15) is 6.33 Å². The summed E-state index contributed by atoms with van der Waals surface area (Å²) >= 11 is 0. The summed E-state index contributed by atoms with van der Waals surface area (Å²) < 4.78 is 17.7. The Morgan fingerprint density at radius 2 is 1.64 bits per heavy atom. The minimum Gasteiger partial charge on any atom is -0.493 e. The minimum atomic E-state index is -0.503. The Bertz CT molecular complexity index is 1620. The highest BCUT2D eigenvalue weighted by molar-refractivity contribution is 6.12. The lowest BCUT2D eigenvalue weighted by Crippen LogP contribution is -2.05. The van der Waals surface area contributed by atoms with Crippen molar-refractivity contribution < 1.29 is 23.8 Å². The van der Waals surface area contributed by atoms with Gasteiger partial charge < -0.3 is 14.2 Å². The predicted molar refractivity (Wildman–Crippen MR) is 137 cm³/mol. The van der Waals surface area contributed by atoms with Crippen molar-refractivity contribution in [3.05, 3.63) is 95.9 Å². The van der Waals surface area contributed by atoms with Crippen molar-refractivity contribution in [1.82, 2.24) is 9.38 Å². The van der Waals surface area contributed by atoms with Gasteiger partial charge in [0.05, 0.1) is 43.3 Å². The van der Waals surface area contributed by atoms with Gasteiger partial charge >= 0.3 is 5.97 Å². The Hall–Kier alpha value is -4.65. The first-order chi connectivity index (χ1) is 17.5. The molecule has 180 valence electrons. The van der Waals surface area contributed by atoms with Crippen LogP contribution < -0.4 is 9.47 Å². The summed E-state index contributed by atoms with van der Waals surface area (Å²) in [5.74, 6) is 0.439. The summed E-state index contributed by atoms with van der Waals surface area (Å²) in [6.07, 6.45) is 1.55. The molecule has 0 aliphatic heterocycles. The van der Waals surface area contributed by atoms with Crippen molar-refractivity contribution in [3.63, 3.8) is 0 Å². The molecule has 0 atom stereocenters. The molecule has 0 saturated carbocycles. The number of hydrogen-bond donors (Lipinski definition) is 0. The molecule has 0 unspecified atom stereocenters. The number of rotatable bonds is 7. The molecule has 7 nitrogen and oxygen atoms in total. The number of fused-ring (bicyclic) bond motifs is 2. The number of ether oxygens (including phenoxy) is 3. The fraction of sp³-hybridized carbons (Fsp3) is 0.138. The van der Waals surface area contributed by atoms with Gasteiger partial charge in [-0.3, -0.25) is 9.20 Å². The highest BCUT2D eigenvalue weighted by Crippen LogP contribution is 2.33. The van der Waals surface area contributed by atoms with Crippen molar-refractivity contribution in [2.75, 3.05) is 20.8 Å². The SMILES string of the molecule is CCOC(=O)c1cc(C(=O)c2ccc3ccccc3c2)n2cnc(-c3ccc(OC)c(OC)c3)cc12. The highest BCUT2D eigenvalue weighted by Gasteiger charge is 2.23. The third kappa shape index (κ3) is 4.05. The van der Waals surface area contributed by atoms with Crippen LogP contribution in [-0.2, 0) is 4.74 Å². The van der Waals surface area contributed by atoms with Gasteiger partial charge in [-0.2, -0.15) is 0 Å². The maximum absolute atomic E-state index is 13.6. The molecule has 2 aromatic heterocycles. The summed E-state index contributed by atoms with van der Waals surface area (Å²) in [6, 6.07) is 22.2. The van der Waals surface area contributed by atoms with Gasteiger partial charge in [-0.1, -0.05) is 36.4 Å². The van der Waals surface area contributed by atoms with Crippen LogP contribution in [0.4, 0.5) is 0 Å². The lowest BCUT2D eigenvalue weighted by atomic mass is 10.0. The van der Waals surface area contributed by atoms with E-state index in [-0.39, 0.29) is 12.4 Å². The Balaban J connectivity index is 1.64. The van der Waals surface area contributed by atoms with E-state index in [1.54, 1.807) is 56.1 Å². The second-order valence-electron chi connectivity index (χ2n) is 8.15. The van der Waals surface area contributed by atoms with Crippen LogP contribution in [0.1, 0.15) is 33.3 Å². The Kier molecular flexibility index (Phi) is 6.12. The van der Waals surface area contributed by atoms with Crippen molar-refractivity contribution >= 4 is 28.0 Å². The number of ketones is 1. The van der Waals surface area contributed by atoms with Gasteiger partial charge in [0.15, 0.2) is 11.5 Å². The molecule has 0 radical (unpaired) electrons. The van der Waals surface area contributed by atoms with E-state index in [1.165, 1.54) is 0 Å². The molecule has 3 aromatic carbocycles. The Morgan fingerprint density at radius 3 is 2.39 bits per heavy atom. The van der Waals surface area contributed by atoms with Crippen LogP contribution in [-0.4, -0.2) is 42.0 Å². The zero-order valence-electron chi connectivity index (χ0n) is 20.1. The normalized spacial score (nSPS) is 11.0. The maximum atomic E-state index is 13.6. The second-order valence-corrected chi connectivity index (χ2v) is 8.15. The van der Waals surface area contributed by atoms with Gasteiger partial charge in [-0.15, -0.1) is 0 Å². The number of aromatic nitrogens is 2. The number of esters is 1. The van der Waals surface area contributed by atoms with Gasteiger partial charge in [-0.05, 0) is 54.1 Å². The van der Waals surface area contributed by atoms with Crippen LogP contribution >= 0.6 is 0 Å². The quantitative estimate of drug-likeness (QED) is 0.224. The van der Waals surface area contributed by atoms with Gasteiger partial charge in [0, 0.05) is 11.1 Å². The highest BCUT2D eigenvalue weighted by atomic mass is 16.5. The van der Waals surface area contributed by atoms with Crippen molar-refractivity contribution in [1.29, 1.82) is 0 Å². The number of carbonyl (C=O) groups excluding carboxylic acids is 2. The average molecular weight is 481 g/mol. The van der Waals surface area contributed by atoms with Crippen LogP contribution in [0.25, 0.3) is 27.5 Å². The second kappa shape index (κ2) is 9.54. The van der Waals surface area contributed by atoms with E-state index >= 15 is 0 Å². The number of methoxy groups -OCH3 is 2. The molecule has 0 amide bonds. The maximum Gasteiger partial charge on any atom is 0.340 e. The molecule has 5 aromatic rings. The first-order valence-electron chi connectivity index (χ1n) is 11.5. The lowest BCUT2D eigenvalue weighted by Gasteiger charge is -2.10. The molecule has 2 heterocycles. The predicted octanol–water partition coefficient (Wildman–Crippen LogP) is 5.58. The van der Waals surface area contributed by atoms with Gasteiger partial charge in [0.2, 0.25) is 5.78 Å². The summed E-state index contributed by atoms with van der Waals surface area (Å²) in [5.41, 5.74) is 3.05. The third-order valence-corrected chi connectivity index (χ3v) is 6.08. The zero-order chi connectivity index (χ0) is 25.2. The molecule has 7 heteroatoms. The molecule has 0 spiro atoms. The molecule has 0 aliphatic rings. The van der Waals surface area contributed by atoms with Crippen molar-refractivity contribution in [3.8, 4) is 22.8 Å². The molecule has 0 aliphatic carbocycles. The third-order valence-electron chi connectivity index (χ3n) is 6.08. The Labute approximate surface area is 207 Å². The number of benzene rings is 3. The summed E-state index contributed by atoms with van der Waals surface area (Å²) in [5, 5.41) is 2.01. The van der Waals surface area contributed by atoms with Crippen molar-refractivity contribution in [2.45, 2.75) is 6.92 Å². The average Bonchev–Trinajstić information content (AvgIpc) is 3.31. The number of hydrogen-bond acceptors (Lipinski definition) is 6. The Morgan fingerprint density at radius 1 is 0.861 bits per heavy atom. The zero-order valence-corrected chi connectivity index (χ0v) is 20.1. The van der Waals surface area contributed by atoms with E-state index in [0.29, 0.717) is 39.5 Å². The number of nitrogens with zero attached hydrogens (tertiary/aromatic N) is 2. The van der Waals surface area contributed by atoms with E-state index in [1.807, 2.05) is 48.5 Å². The monoisotopic (exact) mass is 480 g/mol. The molecule has 5 rings (SSSR count). The smallest absolute Gasteiger partial charge is 0.340 e. The first kappa shape index (κ1) is 23.1. The first-order valence-corrected chi connectivity index (χ1v) is 11.5. The molecule has 36 heavy (non-hydrogen) atoms. The number of carbonyl (C=O) groups is 2. The largest absolute Gasteiger partial charge is 0.493 e. The van der Waals surface area contributed by atoms with Gasteiger partial charge in [0.25, 0.3) is 0 Å². The van der Waals surface area contributed by atoms with E-state index in [9.17, 15) is 9.59 Å². The minimum absolute atomic E-state index is 0.216. The van der Waals surface area contributed by atoms with E-state index in [0.717, 1.165) is 16.3 Å². The molecule has 0 fully saturated rings. The summed E-state index contributed by atoms with van der Waals surface area (Å²) in [7, 11) is 3.14. The summed E-state index contributed by atoms with van der Waals surface area (Å²) in [6.45, 7) is 1.96. The molecule has 0 bridgehead atoms. The van der Waals surface area contributed by atoms with Crippen molar-refractivity contribution in [2.24, 2.45) is 0 Å². The van der Waals surface area contributed by atoms with E-state index in [4.69, 9.17) is 14.2 Å². The lowest BCUT2D eigenvalue weighted by molar-refractivity contribution is 0.0529. The fourth-order valence-corrected chi connectivity index (χ4v) is 4.28. The molecule has 0 N–H and O–H groups in total. The van der Waals surface area contributed by atoms with E-state index in [2.05, 4.69) is 4.98 Å². The molecular weight excluding hydrogens is 456 g/mol. The fourth-order valence-electron chi connectivity index (χ4n) is 4.28. The van der Waals surface area contributed by atoms with Crippen LogP contribution in [0.3, 0.4) is 0 Å². The summed E-state index contributed by atoms with van der Waals surface area (Å²) in [4.78, 5) is 31.0. The van der Waals surface area contributed by atoms with Crippen LogP contribution in [0.5, 0.6) is 11.5 Å². The van der Waals surface area contributed by atoms with Crippen LogP contribution in [0.2, 0.25) is 0 Å². The molecule has 0 saturated heterocycles. The van der Waals surface area contributed by atoms with Gasteiger partial charge in [-0.25, -0.2) is 9.78 Å².